The fraction of sp³-hybridized carbons (Fsp3) is 0.650. The van der Waals surface area contributed by atoms with Crippen molar-refractivity contribution in [1.82, 2.24) is 15.1 Å². The van der Waals surface area contributed by atoms with Gasteiger partial charge in [0.1, 0.15) is 0 Å². The minimum Gasteiger partial charge on any atom is -0.376 e. The third-order valence-electron chi connectivity index (χ3n) is 4.59. The highest BCUT2D eigenvalue weighted by Gasteiger charge is 2.16. The lowest BCUT2D eigenvalue weighted by atomic mass is 10.1. The Morgan fingerprint density at radius 2 is 2.15 bits per heavy atom. The molecule has 0 saturated carbocycles. The highest BCUT2D eigenvalue weighted by atomic mass is 127. The van der Waals surface area contributed by atoms with Crippen LogP contribution in [0.1, 0.15) is 37.8 Å². The molecule has 2 rings (SSSR count). The standard InChI is InChI=1S/C20H34N4O.HI/c1-5-6-10-23(4)20(21-3)22-14-18-8-7-9-19(13-18)16-24-11-12-25-17(2)15-24;/h7-9,13,17H,5-6,10-12,14-16H2,1-4H3,(H,21,22);1H. The predicted molar refractivity (Wildman–Crippen MR) is 120 cm³/mol. The molecule has 0 bridgehead atoms. The second kappa shape index (κ2) is 12.5. The monoisotopic (exact) mass is 474 g/mol. The number of guanidine groups is 1. The molecule has 148 valence electrons. The Balaban J connectivity index is 0.00000338. The molecule has 0 radical (unpaired) electrons. The molecule has 1 atom stereocenters. The Bertz CT molecular complexity index is 552. The van der Waals surface area contributed by atoms with Gasteiger partial charge in [0.05, 0.1) is 12.7 Å². The summed E-state index contributed by atoms with van der Waals surface area (Å²) in [5.74, 6) is 0.959. The van der Waals surface area contributed by atoms with Crippen LogP contribution in [0.15, 0.2) is 29.3 Å². The van der Waals surface area contributed by atoms with Gasteiger partial charge in [0, 0.05) is 46.8 Å². The van der Waals surface area contributed by atoms with Gasteiger partial charge in [-0.3, -0.25) is 9.89 Å². The van der Waals surface area contributed by atoms with E-state index in [4.69, 9.17) is 4.74 Å². The molecule has 1 aliphatic rings. The lowest BCUT2D eigenvalue weighted by molar-refractivity contribution is -0.0212. The van der Waals surface area contributed by atoms with E-state index in [0.29, 0.717) is 6.10 Å². The first-order valence-corrected chi connectivity index (χ1v) is 9.46. The van der Waals surface area contributed by atoms with Crippen LogP contribution in [0.4, 0.5) is 0 Å². The van der Waals surface area contributed by atoms with Gasteiger partial charge in [-0.15, -0.1) is 24.0 Å². The molecule has 1 fully saturated rings. The molecule has 1 aromatic carbocycles. The lowest BCUT2D eigenvalue weighted by Crippen LogP contribution is -2.40. The van der Waals surface area contributed by atoms with E-state index in [9.17, 15) is 0 Å². The van der Waals surface area contributed by atoms with Gasteiger partial charge in [0.15, 0.2) is 5.96 Å². The lowest BCUT2D eigenvalue weighted by Gasteiger charge is -2.31. The number of aliphatic imine (C=N–C) groups is 1. The van der Waals surface area contributed by atoms with Crippen LogP contribution in [0.3, 0.4) is 0 Å². The van der Waals surface area contributed by atoms with Crippen LogP contribution in [0.2, 0.25) is 0 Å². The van der Waals surface area contributed by atoms with Crippen molar-refractivity contribution >= 4 is 29.9 Å². The number of nitrogens with one attached hydrogen (secondary N) is 1. The van der Waals surface area contributed by atoms with E-state index in [1.165, 1.54) is 24.0 Å². The third-order valence-corrected chi connectivity index (χ3v) is 4.59. The molecular formula is C20H35IN4O. The van der Waals surface area contributed by atoms with Crippen molar-refractivity contribution in [1.29, 1.82) is 0 Å². The number of hydrogen-bond donors (Lipinski definition) is 1. The number of halogens is 1. The van der Waals surface area contributed by atoms with Crippen LogP contribution < -0.4 is 5.32 Å². The first kappa shape index (κ1) is 23.2. The van der Waals surface area contributed by atoms with Crippen molar-refractivity contribution in [3.63, 3.8) is 0 Å². The molecule has 1 N–H and O–H groups in total. The van der Waals surface area contributed by atoms with Crippen LogP contribution in [-0.4, -0.2) is 62.2 Å². The topological polar surface area (TPSA) is 40.1 Å². The summed E-state index contributed by atoms with van der Waals surface area (Å²) < 4.78 is 5.63. The summed E-state index contributed by atoms with van der Waals surface area (Å²) in [5.41, 5.74) is 2.66. The first-order chi connectivity index (χ1) is 12.1. The fourth-order valence-electron chi connectivity index (χ4n) is 3.20. The van der Waals surface area contributed by atoms with Crippen LogP contribution in [0.5, 0.6) is 0 Å². The van der Waals surface area contributed by atoms with E-state index in [2.05, 4.69) is 65.3 Å². The molecule has 0 amide bonds. The molecule has 5 nitrogen and oxygen atoms in total. The second-order valence-electron chi connectivity index (χ2n) is 6.91. The maximum atomic E-state index is 5.63. The predicted octanol–water partition coefficient (Wildman–Crippen LogP) is 3.33. The summed E-state index contributed by atoms with van der Waals surface area (Å²) >= 11 is 0. The molecule has 0 aromatic heterocycles. The van der Waals surface area contributed by atoms with Crippen molar-refractivity contribution in [3.05, 3.63) is 35.4 Å². The van der Waals surface area contributed by atoms with Crippen LogP contribution >= 0.6 is 24.0 Å². The van der Waals surface area contributed by atoms with Crippen molar-refractivity contribution in [2.45, 2.75) is 45.9 Å². The Labute approximate surface area is 176 Å². The van der Waals surface area contributed by atoms with Crippen molar-refractivity contribution in [2.75, 3.05) is 40.3 Å². The zero-order valence-electron chi connectivity index (χ0n) is 16.7. The van der Waals surface area contributed by atoms with E-state index in [1.807, 2.05) is 7.05 Å². The number of hydrogen-bond acceptors (Lipinski definition) is 3. The molecule has 1 unspecified atom stereocenters. The third kappa shape index (κ3) is 7.80. The zero-order valence-corrected chi connectivity index (χ0v) is 19.0. The van der Waals surface area contributed by atoms with E-state index >= 15 is 0 Å². The molecule has 0 aliphatic carbocycles. The normalized spacial score (nSPS) is 18.3. The molecule has 0 spiro atoms. The highest BCUT2D eigenvalue weighted by Crippen LogP contribution is 2.12. The minimum absolute atomic E-state index is 0. The molecule has 1 saturated heterocycles. The largest absolute Gasteiger partial charge is 0.376 e. The average molecular weight is 474 g/mol. The van der Waals surface area contributed by atoms with Gasteiger partial charge in [0.2, 0.25) is 0 Å². The van der Waals surface area contributed by atoms with E-state index in [1.54, 1.807) is 0 Å². The van der Waals surface area contributed by atoms with Crippen LogP contribution in [-0.2, 0) is 17.8 Å². The Hall–Kier alpha value is -0.860. The molecule has 26 heavy (non-hydrogen) atoms. The van der Waals surface area contributed by atoms with Gasteiger partial charge in [-0.05, 0) is 24.5 Å². The quantitative estimate of drug-likeness (QED) is 0.374. The highest BCUT2D eigenvalue weighted by molar-refractivity contribution is 14.0. The van der Waals surface area contributed by atoms with Gasteiger partial charge >= 0.3 is 0 Å². The second-order valence-corrected chi connectivity index (χ2v) is 6.91. The number of morpholine rings is 1. The smallest absolute Gasteiger partial charge is 0.193 e. The average Bonchev–Trinajstić information content (AvgIpc) is 2.61. The molecule has 6 heteroatoms. The molecule has 1 aliphatic heterocycles. The van der Waals surface area contributed by atoms with Gasteiger partial charge in [-0.2, -0.15) is 0 Å². The van der Waals surface area contributed by atoms with Crippen molar-refractivity contribution < 1.29 is 4.74 Å². The summed E-state index contributed by atoms with van der Waals surface area (Å²) in [5, 5.41) is 3.47. The minimum atomic E-state index is 0. The summed E-state index contributed by atoms with van der Waals surface area (Å²) in [7, 11) is 3.95. The summed E-state index contributed by atoms with van der Waals surface area (Å²) in [6, 6.07) is 8.84. The Kier molecular flexibility index (Phi) is 11.2. The number of benzene rings is 1. The van der Waals surface area contributed by atoms with E-state index in [-0.39, 0.29) is 24.0 Å². The Morgan fingerprint density at radius 3 is 2.85 bits per heavy atom. The van der Waals surface area contributed by atoms with Crippen LogP contribution in [0, 0.1) is 0 Å². The van der Waals surface area contributed by atoms with Gasteiger partial charge < -0.3 is 15.0 Å². The Morgan fingerprint density at radius 1 is 1.38 bits per heavy atom. The molecule has 1 aromatic rings. The molecule has 1 heterocycles. The number of nitrogens with zero attached hydrogens (tertiary/aromatic N) is 3. The molecular weight excluding hydrogens is 439 g/mol. The van der Waals surface area contributed by atoms with Gasteiger partial charge in [-0.1, -0.05) is 37.6 Å². The number of ether oxygens (including phenoxy) is 1. The maximum absolute atomic E-state index is 5.63. The summed E-state index contributed by atoms with van der Waals surface area (Å²) in [4.78, 5) is 9.06. The van der Waals surface area contributed by atoms with Gasteiger partial charge in [-0.25, -0.2) is 0 Å². The van der Waals surface area contributed by atoms with E-state index < -0.39 is 0 Å². The first-order valence-electron chi connectivity index (χ1n) is 9.46. The van der Waals surface area contributed by atoms with E-state index in [0.717, 1.165) is 45.3 Å². The summed E-state index contributed by atoms with van der Waals surface area (Å²) in [6.07, 6.45) is 2.72. The van der Waals surface area contributed by atoms with Crippen LogP contribution in [0.25, 0.3) is 0 Å². The SMILES string of the molecule is CCCCN(C)C(=NC)NCc1cccc(CN2CCOC(C)C2)c1.I. The fourth-order valence-corrected chi connectivity index (χ4v) is 3.20. The number of rotatable bonds is 7. The maximum Gasteiger partial charge on any atom is 0.193 e. The van der Waals surface area contributed by atoms with Crippen molar-refractivity contribution in [2.24, 2.45) is 4.99 Å². The van der Waals surface area contributed by atoms with Crippen molar-refractivity contribution in [3.8, 4) is 0 Å². The zero-order chi connectivity index (χ0) is 18.1. The number of unbranched alkanes of at least 4 members (excludes halogenated alkanes) is 1. The summed E-state index contributed by atoms with van der Waals surface area (Å²) in [6.45, 7) is 10.0. The van der Waals surface area contributed by atoms with Gasteiger partial charge in [0.25, 0.3) is 0 Å².